The summed E-state index contributed by atoms with van der Waals surface area (Å²) >= 11 is 0. The standard InChI is InChI=1S/C18H25N5O.ClH/c1-22-10-7-19-12-16(22)17-20-18(24-21-17)15-6-4-5-14(11-15)13-23-8-2-3-9-23;/h4-6,11,16,19H,2-3,7-10,12-13H2,1H3;1H. The lowest BCUT2D eigenvalue weighted by Gasteiger charge is -2.30. The van der Waals surface area contributed by atoms with E-state index in [9.17, 15) is 0 Å². The Balaban J connectivity index is 0.00000182. The maximum atomic E-state index is 5.55. The molecule has 1 unspecified atom stereocenters. The Morgan fingerprint density at radius 1 is 1.24 bits per heavy atom. The number of aromatic nitrogens is 2. The molecule has 0 saturated carbocycles. The molecule has 1 atom stereocenters. The highest BCUT2D eigenvalue weighted by molar-refractivity contribution is 5.85. The minimum Gasteiger partial charge on any atom is -0.334 e. The van der Waals surface area contributed by atoms with Crippen LogP contribution >= 0.6 is 12.4 Å². The summed E-state index contributed by atoms with van der Waals surface area (Å²) in [6, 6.07) is 8.67. The van der Waals surface area contributed by atoms with E-state index >= 15 is 0 Å². The minimum absolute atomic E-state index is 0. The van der Waals surface area contributed by atoms with Crippen LogP contribution in [0.1, 0.15) is 30.3 Å². The molecule has 1 aromatic carbocycles. The number of halogens is 1. The Hall–Kier alpha value is -1.47. The summed E-state index contributed by atoms with van der Waals surface area (Å²) in [6.45, 7) is 6.29. The zero-order valence-corrected chi connectivity index (χ0v) is 15.5. The summed E-state index contributed by atoms with van der Waals surface area (Å²) < 4.78 is 5.55. The topological polar surface area (TPSA) is 57.4 Å². The van der Waals surface area contributed by atoms with Crippen LogP contribution < -0.4 is 5.32 Å². The van der Waals surface area contributed by atoms with Gasteiger partial charge < -0.3 is 9.84 Å². The molecule has 6 nitrogen and oxygen atoms in total. The second kappa shape index (κ2) is 8.27. The maximum Gasteiger partial charge on any atom is 0.257 e. The van der Waals surface area contributed by atoms with Crippen LogP contribution in [-0.2, 0) is 6.54 Å². The highest BCUT2D eigenvalue weighted by atomic mass is 35.5. The predicted octanol–water partition coefficient (Wildman–Crippen LogP) is 2.33. The van der Waals surface area contributed by atoms with E-state index in [-0.39, 0.29) is 18.4 Å². The van der Waals surface area contributed by atoms with Crippen LogP contribution in [-0.4, -0.2) is 59.7 Å². The molecule has 0 aliphatic carbocycles. The maximum absolute atomic E-state index is 5.55. The molecule has 4 rings (SSSR count). The van der Waals surface area contributed by atoms with E-state index in [4.69, 9.17) is 4.52 Å². The third-order valence-electron chi connectivity index (χ3n) is 5.03. The van der Waals surface area contributed by atoms with Crippen molar-refractivity contribution in [1.82, 2.24) is 25.3 Å². The zero-order valence-electron chi connectivity index (χ0n) is 14.6. The number of piperazine rings is 1. The Labute approximate surface area is 155 Å². The van der Waals surface area contributed by atoms with E-state index in [0.29, 0.717) is 5.89 Å². The van der Waals surface area contributed by atoms with E-state index in [2.05, 4.69) is 50.5 Å². The molecule has 1 aromatic heterocycles. The largest absolute Gasteiger partial charge is 0.334 e. The molecular weight excluding hydrogens is 338 g/mol. The van der Waals surface area contributed by atoms with Gasteiger partial charge in [0.05, 0.1) is 6.04 Å². The summed E-state index contributed by atoms with van der Waals surface area (Å²) in [5.74, 6) is 1.39. The van der Waals surface area contributed by atoms with Crippen molar-refractivity contribution in [3.05, 3.63) is 35.7 Å². The van der Waals surface area contributed by atoms with Crippen LogP contribution in [0.3, 0.4) is 0 Å². The van der Waals surface area contributed by atoms with Crippen molar-refractivity contribution in [1.29, 1.82) is 0 Å². The third-order valence-corrected chi connectivity index (χ3v) is 5.03. The average molecular weight is 364 g/mol. The molecule has 25 heavy (non-hydrogen) atoms. The normalized spacial score (nSPS) is 22.0. The van der Waals surface area contributed by atoms with Gasteiger partial charge in [-0.15, -0.1) is 12.4 Å². The Bertz CT molecular complexity index is 686. The number of rotatable bonds is 4. The highest BCUT2D eigenvalue weighted by Gasteiger charge is 2.25. The average Bonchev–Trinajstić information content (AvgIpc) is 3.27. The first-order chi connectivity index (χ1) is 11.8. The molecular formula is C18H26ClN5O. The first-order valence-corrected chi connectivity index (χ1v) is 8.86. The zero-order chi connectivity index (χ0) is 16.4. The van der Waals surface area contributed by atoms with E-state index < -0.39 is 0 Å². The van der Waals surface area contributed by atoms with Gasteiger partial charge in [0.2, 0.25) is 0 Å². The van der Waals surface area contributed by atoms with Gasteiger partial charge in [-0.05, 0) is 50.7 Å². The van der Waals surface area contributed by atoms with Gasteiger partial charge in [0, 0.05) is 31.7 Å². The molecule has 0 radical (unpaired) electrons. The summed E-state index contributed by atoms with van der Waals surface area (Å²) in [4.78, 5) is 9.43. The molecule has 2 saturated heterocycles. The van der Waals surface area contributed by atoms with Gasteiger partial charge in [-0.25, -0.2) is 0 Å². The van der Waals surface area contributed by atoms with Gasteiger partial charge in [0.1, 0.15) is 0 Å². The van der Waals surface area contributed by atoms with Gasteiger partial charge in [-0.2, -0.15) is 4.98 Å². The molecule has 0 bridgehead atoms. The van der Waals surface area contributed by atoms with Gasteiger partial charge in [-0.1, -0.05) is 17.3 Å². The number of likely N-dealkylation sites (N-methyl/N-ethyl adjacent to an activating group) is 1. The lowest BCUT2D eigenvalue weighted by Crippen LogP contribution is -2.44. The van der Waals surface area contributed by atoms with Gasteiger partial charge >= 0.3 is 0 Å². The second-order valence-corrected chi connectivity index (χ2v) is 6.84. The van der Waals surface area contributed by atoms with E-state index in [1.165, 1.54) is 31.5 Å². The fourth-order valence-electron chi connectivity index (χ4n) is 3.58. The van der Waals surface area contributed by atoms with Crippen LogP contribution in [0.4, 0.5) is 0 Å². The molecule has 2 aliphatic heterocycles. The smallest absolute Gasteiger partial charge is 0.257 e. The van der Waals surface area contributed by atoms with Crippen LogP contribution in [0.25, 0.3) is 11.5 Å². The molecule has 1 N–H and O–H groups in total. The SMILES string of the molecule is CN1CCNCC1c1noc(-c2cccc(CN3CCCC3)c2)n1.Cl. The van der Waals surface area contributed by atoms with E-state index in [0.717, 1.165) is 37.6 Å². The van der Waals surface area contributed by atoms with Crippen LogP contribution in [0.5, 0.6) is 0 Å². The Morgan fingerprint density at radius 3 is 2.88 bits per heavy atom. The highest BCUT2D eigenvalue weighted by Crippen LogP contribution is 2.24. The number of likely N-dealkylation sites (tertiary alicyclic amines) is 1. The van der Waals surface area contributed by atoms with E-state index in [1.54, 1.807) is 0 Å². The van der Waals surface area contributed by atoms with Crippen LogP contribution in [0.15, 0.2) is 28.8 Å². The summed E-state index contributed by atoms with van der Waals surface area (Å²) in [5.41, 5.74) is 2.32. The molecule has 7 heteroatoms. The van der Waals surface area contributed by atoms with Crippen molar-refractivity contribution < 1.29 is 4.52 Å². The van der Waals surface area contributed by atoms with Crippen LogP contribution in [0, 0.1) is 0 Å². The fraction of sp³-hybridized carbons (Fsp3) is 0.556. The van der Waals surface area contributed by atoms with Crippen molar-refractivity contribution in [2.45, 2.75) is 25.4 Å². The number of hydrogen-bond acceptors (Lipinski definition) is 6. The number of nitrogens with zero attached hydrogens (tertiary/aromatic N) is 4. The molecule has 136 valence electrons. The summed E-state index contributed by atoms with van der Waals surface area (Å²) in [6.07, 6.45) is 2.63. The molecule has 2 aromatic rings. The third kappa shape index (κ3) is 4.20. The molecule has 2 aliphatic rings. The Kier molecular flexibility index (Phi) is 6.06. The number of nitrogens with one attached hydrogen (secondary N) is 1. The van der Waals surface area contributed by atoms with Crippen molar-refractivity contribution in [3.8, 4) is 11.5 Å². The summed E-state index contributed by atoms with van der Waals surface area (Å²) in [7, 11) is 2.11. The molecule has 0 spiro atoms. The van der Waals surface area contributed by atoms with Crippen molar-refractivity contribution in [2.75, 3.05) is 39.8 Å². The lowest BCUT2D eigenvalue weighted by molar-refractivity contribution is 0.190. The first-order valence-electron chi connectivity index (χ1n) is 8.86. The van der Waals surface area contributed by atoms with Crippen LogP contribution in [0.2, 0.25) is 0 Å². The number of hydrogen-bond donors (Lipinski definition) is 1. The molecule has 0 amide bonds. The van der Waals surface area contributed by atoms with Crippen molar-refractivity contribution in [2.24, 2.45) is 0 Å². The predicted molar refractivity (Wildman–Crippen MR) is 99.7 cm³/mol. The molecule has 2 fully saturated rings. The number of benzene rings is 1. The monoisotopic (exact) mass is 363 g/mol. The van der Waals surface area contributed by atoms with Crippen molar-refractivity contribution in [3.63, 3.8) is 0 Å². The van der Waals surface area contributed by atoms with E-state index in [1.807, 2.05) is 6.07 Å². The minimum atomic E-state index is 0. The first kappa shape index (κ1) is 18.3. The second-order valence-electron chi connectivity index (χ2n) is 6.84. The van der Waals surface area contributed by atoms with Gasteiger partial charge in [0.25, 0.3) is 5.89 Å². The lowest BCUT2D eigenvalue weighted by atomic mass is 10.1. The summed E-state index contributed by atoms with van der Waals surface area (Å²) in [5, 5.41) is 7.61. The van der Waals surface area contributed by atoms with Gasteiger partial charge in [-0.3, -0.25) is 9.80 Å². The van der Waals surface area contributed by atoms with Gasteiger partial charge in [0.15, 0.2) is 5.82 Å². The molecule has 3 heterocycles. The van der Waals surface area contributed by atoms with Crippen molar-refractivity contribution >= 4 is 12.4 Å². The quantitative estimate of drug-likeness (QED) is 0.899. The Morgan fingerprint density at radius 2 is 2.08 bits per heavy atom. The fourth-order valence-corrected chi connectivity index (χ4v) is 3.58.